The Morgan fingerprint density at radius 2 is 1.86 bits per heavy atom. The standard InChI is InChI=1S/C38H49N3O10/c1-4-18-40(37(45)50-28-15-12-26(13-16-28)41(46)47)34-24-32(39-48-3)30-22-25(10-6-8-19-42)29(11-7-9-20-43)35-31-23-27(44)14-17-33(31)51-38(34,36(30)35)49-21-5-2/h5,12-17,22-23,25,29,34-36,42-44H,2,4,6-11,18-21,24H2,1,3H3. The number of unbranched alkanes of at least 4 members (excludes halogenated alkanes) is 2. The monoisotopic (exact) mass is 707 g/mol. The number of ether oxygens (including phenoxy) is 3. The summed E-state index contributed by atoms with van der Waals surface area (Å²) < 4.78 is 19.7. The predicted molar refractivity (Wildman–Crippen MR) is 190 cm³/mol. The van der Waals surface area contributed by atoms with Crippen LogP contribution in [0.4, 0.5) is 10.5 Å². The number of benzene rings is 2. The molecule has 0 radical (unpaired) electrons. The van der Waals surface area contributed by atoms with Crippen LogP contribution in [0.2, 0.25) is 0 Å². The third-order valence-corrected chi connectivity index (χ3v) is 10.2. The molecule has 0 aromatic heterocycles. The minimum absolute atomic E-state index is 0.0226. The zero-order chi connectivity index (χ0) is 36.5. The van der Waals surface area contributed by atoms with E-state index >= 15 is 0 Å². The third-order valence-electron chi connectivity index (χ3n) is 10.2. The Hall–Kier alpha value is -4.46. The number of carbonyl (C=O) groups excluding carboxylic acids is 1. The fourth-order valence-corrected chi connectivity index (χ4v) is 8.18. The number of hydrogen-bond acceptors (Lipinski definition) is 11. The molecule has 5 rings (SSSR count). The molecular weight excluding hydrogens is 658 g/mol. The van der Waals surface area contributed by atoms with Crippen molar-refractivity contribution >= 4 is 17.5 Å². The van der Waals surface area contributed by atoms with Gasteiger partial charge in [-0.2, -0.15) is 0 Å². The van der Waals surface area contributed by atoms with Gasteiger partial charge in [-0.25, -0.2) is 4.79 Å². The number of allylic oxidation sites excluding steroid dienone is 1. The number of nitrogens with zero attached hydrogens (tertiary/aromatic N) is 3. The van der Waals surface area contributed by atoms with Crippen LogP contribution in [-0.2, 0) is 9.57 Å². The molecule has 13 heteroatoms. The number of aromatic hydroxyl groups is 1. The molecule has 1 fully saturated rings. The lowest BCUT2D eigenvalue weighted by Crippen LogP contribution is -2.70. The minimum Gasteiger partial charge on any atom is -0.508 e. The molecule has 13 nitrogen and oxygen atoms in total. The van der Waals surface area contributed by atoms with Crippen LogP contribution in [-0.4, -0.2) is 82.3 Å². The van der Waals surface area contributed by atoms with E-state index in [4.69, 9.17) is 19.0 Å². The number of rotatable bonds is 17. The van der Waals surface area contributed by atoms with E-state index in [0.717, 1.165) is 36.8 Å². The van der Waals surface area contributed by atoms with Crippen molar-refractivity contribution in [2.24, 2.45) is 22.9 Å². The second-order valence-corrected chi connectivity index (χ2v) is 13.3. The van der Waals surface area contributed by atoms with Crippen LogP contribution < -0.4 is 9.47 Å². The summed E-state index contributed by atoms with van der Waals surface area (Å²) in [7, 11) is 1.48. The van der Waals surface area contributed by atoms with Gasteiger partial charge in [0.05, 0.1) is 23.2 Å². The molecule has 1 heterocycles. The van der Waals surface area contributed by atoms with Gasteiger partial charge in [0.2, 0.25) is 5.79 Å². The molecule has 276 valence electrons. The molecule has 3 N–H and O–H groups in total. The third kappa shape index (κ3) is 7.90. The fourth-order valence-electron chi connectivity index (χ4n) is 8.18. The van der Waals surface area contributed by atoms with E-state index in [1.165, 1.54) is 31.4 Å². The zero-order valence-electron chi connectivity index (χ0n) is 29.3. The molecule has 1 aliphatic heterocycles. The summed E-state index contributed by atoms with van der Waals surface area (Å²) in [6.07, 6.45) is 8.39. The molecule has 6 atom stereocenters. The number of phenolic OH excluding ortho intramolecular Hbond substituents is 1. The minimum atomic E-state index is -1.46. The Kier molecular flexibility index (Phi) is 12.7. The molecule has 2 aliphatic carbocycles. The molecule has 2 aromatic carbocycles. The van der Waals surface area contributed by atoms with Gasteiger partial charge in [0.25, 0.3) is 5.69 Å². The van der Waals surface area contributed by atoms with E-state index in [9.17, 15) is 30.2 Å². The topological polar surface area (TPSA) is 173 Å². The first-order valence-electron chi connectivity index (χ1n) is 17.8. The maximum Gasteiger partial charge on any atom is 0.415 e. The molecule has 1 saturated carbocycles. The highest BCUT2D eigenvalue weighted by Crippen LogP contribution is 2.61. The average molecular weight is 708 g/mol. The number of aliphatic hydroxyl groups is 2. The van der Waals surface area contributed by atoms with Gasteiger partial charge in [0, 0.05) is 49.8 Å². The predicted octanol–water partition coefficient (Wildman–Crippen LogP) is 6.47. The summed E-state index contributed by atoms with van der Waals surface area (Å²) in [5.41, 5.74) is 2.20. The highest BCUT2D eigenvalue weighted by molar-refractivity contribution is 6.03. The van der Waals surface area contributed by atoms with Crippen LogP contribution in [0.5, 0.6) is 17.2 Å². The zero-order valence-corrected chi connectivity index (χ0v) is 29.3. The van der Waals surface area contributed by atoms with Crippen molar-refractivity contribution in [2.45, 2.75) is 76.0 Å². The molecule has 0 bridgehead atoms. The molecule has 0 spiro atoms. The number of nitro benzene ring substituents is 1. The first kappa shape index (κ1) is 37.8. The summed E-state index contributed by atoms with van der Waals surface area (Å²) >= 11 is 0. The molecule has 0 saturated heterocycles. The first-order chi connectivity index (χ1) is 24.7. The van der Waals surface area contributed by atoms with Gasteiger partial charge in [-0.3, -0.25) is 15.0 Å². The summed E-state index contributed by atoms with van der Waals surface area (Å²) in [6, 6.07) is 9.59. The van der Waals surface area contributed by atoms with Crippen molar-refractivity contribution in [2.75, 3.05) is 33.5 Å². The Morgan fingerprint density at radius 3 is 2.51 bits per heavy atom. The number of oxime groups is 1. The number of amides is 1. The van der Waals surface area contributed by atoms with Gasteiger partial charge in [-0.15, -0.1) is 6.58 Å². The quantitative estimate of drug-likeness (QED) is 0.0715. The molecule has 1 amide bonds. The van der Waals surface area contributed by atoms with Crippen LogP contribution in [0.15, 0.2) is 71.9 Å². The number of carbonyl (C=O) groups is 1. The van der Waals surface area contributed by atoms with Gasteiger partial charge < -0.3 is 34.4 Å². The lowest BCUT2D eigenvalue weighted by atomic mass is 9.55. The summed E-state index contributed by atoms with van der Waals surface area (Å²) in [6.45, 7) is 6.39. The van der Waals surface area contributed by atoms with Crippen molar-refractivity contribution in [1.82, 2.24) is 4.90 Å². The second-order valence-electron chi connectivity index (χ2n) is 13.3. The smallest absolute Gasteiger partial charge is 0.415 e. The van der Waals surface area contributed by atoms with E-state index < -0.39 is 28.8 Å². The maximum absolute atomic E-state index is 14.2. The van der Waals surface area contributed by atoms with Crippen molar-refractivity contribution in [3.05, 3.63) is 82.4 Å². The largest absolute Gasteiger partial charge is 0.508 e. The molecule has 6 unspecified atom stereocenters. The normalized spacial score (nSPS) is 25.5. The van der Waals surface area contributed by atoms with Crippen LogP contribution >= 0.6 is 0 Å². The Morgan fingerprint density at radius 1 is 1.14 bits per heavy atom. The fraction of sp³-hybridized carbons (Fsp3) is 0.526. The Bertz CT molecular complexity index is 1590. The van der Waals surface area contributed by atoms with Gasteiger partial charge in [0.15, 0.2) is 0 Å². The molecule has 51 heavy (non-hydrogen) atoms. The van der Waals surface area contributed by atoms with E-state index in [-0.39, 0.29) is 67.7 Å². The van der Waals surface area contributed by atoms with Gasteiger partial charge in [0.1, 0.15) is 30.4 Å². The van der Waals surface area contributed by atoms with E-state index in [0.29, 0.717) is 30.7 Å². The van der Waals surface area contributed by atoms with Gasteiger partial charge in [-0.05, 0) is 79.8 Å². The summed E-state index contributed by atoms with van der Waals surface area (Å²) in [5.74, 6) is -1.39. The number of phenols is 1. The molecular formula is C38H49N3O10. The highest BCUT2D eigenvalue weighted by Gasteiger charge is 2.65. The Balaban J connectivity index is 1.70. The lowest BCUT2D eigenvalue weighted by molar-refractivity contribution is -0.384. The van der Waals surface area contributed by atoms with Gasteiger partial charge in [-0.1, -0.05) is 37.1 Å². The number of aliphatic hydroxyl groups excluding tert-OH is 2. The Labute approximate surface area is 298 Å². The number of non-ortho nitro benzene ring substituents is 1. The van der Waals surface area contributed by atoms with E-state index in [2.05, 4.69) is 17.8 Å². The lowest BCUT2D eigenvalue weighted by Gasteiger charge is -2.59. The van der Waals surface area contributed by atoms with Crippen LogP contribution in [0, 0.1) is 27.9 Å². The average Bonchev–Trinajstić information content (AvgIpc) is 3.12. The van der Waals surface area contributed by atoms with Crippen molar-refractivity contribution in [3.63, 3.8) is 0 Å². The van der Waals surface area contributed by atoms with E-state index in [1.807, 2.05) is 6.92 Å². The second kappa shape index (κ2) is 17.2. The van der Waals surface area contributed by atoms with Crippen LogP contribution in [0.3, 0.4) is 0 Å². The van der Waals surface area contributed by atoms with Crippen molar-refractivity contribution in [3.8, 4) is 17.2 Å². The molecule has 2 aromatic rings. The van der Waals surface area contributed by atoms with Crippen molar-refractivity contribution < 1.29 is 44.1 Å². The summed E-state index contributed by atoms with van der Waals surface area (Å²) in [5, 5.41) is 45.9. The maximum atomic E-state index is 14.2. The number of fused-ring (bicyclic) bond motifs is 2. The molecule has 3 aliphatic rings. The van der Waals surface area contributed by atoms with E-state index in [1.54, 1.807) is 29.2 Å². The first-order valence-corrected chi connectivity index (χ1v) is 17.8. The van der Waals surface area contributed by atoms with Crippen molar-refractivity contribution in [1.29, 1.82) is 0 Å². The summed E-state index contributed by atoms with van der Waals surface area (Å²) in [4.78, 5) is 32.0. The van der Waals surface area contributed by atoms with Crippen LogP contribution in [0.25, 0.3) is 0 Å². The van der Waals surface area contributed by atoms with Crippen LogP contribution in [0.1, 0.15) is 69.8 Å². The number of nitro groups is 1. The highest BCUT2D eigenvalue weighted by atomic mass is 16.7. The van der Waals surface area contributed by atoms with Gasteiger partial charge >= 0.3 is 6.09 Å². The SMILES string of the molecule is C=CCOC12Oc3ccc(O)cc3C3C(CCCCO)C(CCCCO)C=C(C(=NOC)CC1N(CCC)C(=O)Oc1ccc([N+](=O)[O-])cc1)C32. The number of hydrogen-bond donors (Lipinski definition) is 3.